The topological polar surface area (TPSA) is 38.0 Å². The van der Waals surface area contributed by atoms with Crippen LogP contribution in [0.25, 0.3) is 22.4 Å². The van der Waals surface area contributed by atoms with E-state index >= 15 is 0 Å². The monoisotopic (exact) mass is 434 g/mol. The summed E-state index contributed by atoms with van der Waals surface area (Å²) in [6, 6.07) is 6.78. The summed E-state index contributed by atoms with van der Waals surface area (Å²) >= 11 is 5.64. The van der Waals surface area contributed by atoms with E-state index in [2.05, 4.69) is 5.10 Å². The minimum atomic E-state index is -4.71. The molecule has 0 amide bonds. The molecule has 0 unspecified atom stereocenters. The third-order valence-corrected chi connectivity index (χ3v) is 4.72. The first kappa shape index (κ1) is 21.0. The number of hydrogen-bond donors (Lipinski definition) is 1. The Morgan fingerprint density at radius 3 is 2.17 bits per heavy atom. The maximum absolute atomic E-state index is 13.2. The lowest BCUT2D eigenvalue weighted by Crippen LogP contribution is -2.06. The molecule has 1 aromatic heterocycles. The number of rotatable bonds is 2. The van der Waals surface area contributed by atoms with Crippen LogP contribution in [0.15, 0.2) is 36.4 Å². The zero-order valence-corrected chi connectivity index (χ0v) is 15.7. The third-order valence-electron chi connectivity index (χ3n) is 4.39. The molecular weight excluding hydrogens is 422 g/mol. The fourth-order valence-corrected chi connectivity index (χ4v) is 3.24. The van der Waals surface area contributed by atoms with Gasteiger partial charge in [0.2, 0.25) is 0 Å². The van der Waals surface area contributed by atoms with E-state index in [1.807, 2.05) is 0 Å². The number of hydrogen-bond acceptors (Lipinski definition) is 2. The first-order valence-corrected chi connectivity index (χ1v) is 8.49. The Balaban J connectivity index is 2.21. The molecule has 1 N–H and O–H groups in total. The van der Waals surface area contributed by atoms with Crippen molar-refractivity contribution in [3.05, 3.63) is 58.2 Å². The van der Waals surface area contributed by atoms with Crippen LogP contribution in [0.5, 0.6) is 5.75 Å². The lowest BCUT2D eigenvalue weighted by atomic mass is 9.94. The van der Waals surface area contributed by atoms with Crippen molar-refractivity contribution in [3.63, 3.8) is 0 Å². The third kappa shape index (κ3) is 3.91. The molecule has 0 aliphatic carbocycles. The standard InChI is InChI=1S/C19H13ClF6N2O/c1-9-3-5-11(14-8-15(19(24,25)26)27-28(14)2)17(29)16(9)10-4-6-13(20)12(7-10)18(21,22)23/h3-8,29H,1-2H3. The summed E-state index contributed by atoms with van der Waals surface area (Å²) in [7, 11) is 1.27. The van der Waals surface area contributed by atoms with Gasteiger partial charge < -0.3 is 5.11 Å². The van der Waals surface area contributed by atoms with Gasteiger partial charge in [0.05, 0.1) is 16.3 Å². The molecule has 3 aromatic rings. The lowest BCUT2D eigenvalue weighted by Gasteiger charge is -2.16. The van der Waals surface area contributed by atoms with Gasteiger partial charge in [-0.05, 0) is 42.3 Å². The zero-order chi connectivity index (χ0) is 21.7. The minimum absolute atomic E-state index is 0.000362. The van der Waals surface area contributed by atoms with Crippen molar-refractivity contribution in [2.75, 3.05) is 0 Å². The Hall–Kier alpha value is -2.68. The molecule has 0 bridgehead atoms. The van der Waals surface area contributed by atoms with Crippen LogP contribution in [0.3, 0.4) is 0 Å². The number of benzene rings is 2. The van der Waals surface area contributed by atoms with Crippen molar-refractivity contribution in [1.82, 2.24) is 9.78 Å². The van der Waals surface area contributed by atoms with Crippen LogP contribution in [0.2, 0.25) is 5.02 Å². The summed E-state index contributed by atoms with van der Waals surface area (Å²) in [5, 5.41) is 13.6. The van der Waals surface area contributed by atoms with E-state index in [0.717, 1.165) is 22.9 Å². The Bertz CT molecular complexity index is 1090. The second-order valence-corrected chi connectivity index (χ2v) is 6.79. The van der Waals surface area contributed by atoms with Crippen LogP contribution < -0.4 is 0 Å². The Morgan fingerprint density at radius 1 is 0.966 bits per heavy atom. The SMILES string of the molecule is Cc1ccc(-c2cc(C(F)(F)F)nn2C)c(O)c1-c1ccc(Cl)c(C(F)(F)F)c1. The molecule has 3 rings (SSSR count). The molecule has 1 heterocycles. The Labute approximate surface area is 166 Å². The van der Waals surface area contributed by atoms with E-state index in [0.29, 0.717) is 5.56 Å². The van der Waals surface area contributed by atoms with Gasteiger partial charge in [0.15, 0.2) is 5.69 Å². The lowest BCUT2D eigenvalue weighted by molar-refractivity contribution is -0.141. The van der Waals surface area contributed by atoms with Gasteiger partial charge in [-0.25, -0.2) is 0 Å². The van der Waals surface area contributed by atoms with E-state index in [1.165, 1.54) is 25.2 Å². The van der Waals surface area contributed by atoms with Gasteiger partial charge in [0, 0.05) is 18.2 Å². The first-order chi connectivity index (χ1) is 13.3. The number of halogens is 7. The maximum Gasteiger partial charge on any atom is 0.435 e. The Morgan fingerprint density at radius 2 is 1.62 bits per heavy atom. The smallest absolute Gasteiger partial charge is 0.435 e. The highest BCUT2D eigenvalue weighted by Crippen LogP contribution is 2.44. The number of phenols is 1. The van der Waals surface area contributed by atoms with E-state index in [4.69, 9.17) is 11.6 Å². The van der Waals surface area contributed by atoms with Gasteiger partial charge in [-0.15, -0.1) is 0 Å². The second-order valence-electron chi connectivity index (χ2n) is 6.38. The highest BCUT2D eigenvalue weighted by atomic mass is 35.5. The maximum atomic E-state index is 13.2. The molecule has 0 radical (unpaired) electrons. The molecule has 2 aromatic carbocycles. The van der Waals surface area contributed by atoms with Crippen molar-refractivity contribution in [3.8, 4) is 28.1 Å². The number of phenolic OH excluding ortho intramolecular Hbond substituents is 1. The molecule has 0 aliphatic heterocycles. The normalized spacial score (nSPS) is 12.4. The number of aryl methyl sites for hydroxylation is 2. The van der Waals surface area contributed by atoms with Crippen LogP contribution in [0.1, 0.15) is 16.8 Å². The molecular formula is C19H13ClF6N2O. The summed E-state index contributed by atoms with van der Waals surface area (Å²) in [4.78, 5) is 0. The molecule has 154 valence electrons. The van der Waals surface area contributed by atoms with Gasteiger partial charge in [-0.2, -0.15) is 31.4 Å². The van der Waals surface area contributed by atoms with Crippen LogP contribution in [0.4, 0.5) is 26.3 Å². The van der Waals surface area contributed by atoms with Crippen molar-refractivity contribution in [2.45, 2.75) is 19.3 Å². The minimum Gasteiger partial charge on any atom is -0.507 e. The molecule has 0 saturated carbocycles. The molecule has 3 nitrogen and oxygen atoms in total. The van der Waals surface area contributed by atoms with Gasteiger partial charge in [0.25, 0.3) is 0 Å². The summed E-state index contributed by atoms with van der Waals surface area (Å²) in [5.41, 5.74) is -1.76. The van der Waals surface area contributed by atoms with E-state index in [-0.39, 0.29) is 22.4 Å². The van der Waals surface area contributed by atoms with Crippen molar-refractivity contribution < 1.29 is 31.4 Å². The molecule has 29 heavy (non-hydrogen) atoms. The van der Waals surface area contributed by atoms with Gasteiger partial charge in [-0.3, -0.25) is 4.68 Å². The van der Waals surface area contributed by atoms with E-state index in [1.54, 1.807) is 6.92 Å². The molecule has 0 spiro atoms. The summed E-state index contributed by atoms with van der Waals surface area (Å²) in [6.07, 6.45) is -9.39. The fourth-order valence-electron chi connectivity index (χ4n) is 3.02. The quantitative estimate of drug-likeness (QED) is 0.470. The number of nitrogens with zero attached hydrogens (tertiary/aromatic N) is 2. The predicted molar refractivity (Wildman–Crippen MR) is 95.5 cm³/mol. The van der Waals surface area contributed by atoms with Crippen LogP contribution in [-0.2, 0) is 19.4 Å². The first-order valence-electron chi connectivity index (χ1n) is 8.12. The molecule has 10 heteroatoms. The summed E-state index contributed by atoms with van der Waals surface area (Å²) in [5.74, 6) is -0.461. The van der Waals surface area contributed by atoms with Crippen LogP contribution >= 0.6 is 11.6 Å². The van der Waals surface area contributed by atoms with Crippen molar-refractivity contribution in [2.24, 2.45) is 7.05 Å². The van der Waals surface area contributed by atoms with Crippen molar-refractivity contribution >= 4 is 11.6 Å². The number of alkyl halides is 6. The predicted octanol–water partition coefficient (Wildman–Crippen LogP) is 6.46. The highest BCUT2D eigenvalue weighted by Gasteiger charge is 2.36. The average molecular weight is 435 g/mol. The van der Waals surface area contributed by atoms with E-state index < -0.39 is 34.4 Å². The second kappa shape index (κ2) is 6.98. The molecule has 0 atom stereocenters. The fraction of sp³-hybridized carbons (Fsp3) is 0.211. The van der Waals surface area contributed by atoms with Crippen LogP contribution in [-0.4, -0.2) is 14.9 Å². The van der Waals surface area contributed by atoms with Gasteiger partial charge >= 0.3 is 12.4 Å². The van der Waals surface area contributed by atoms with Crippen LogP contribution in [0, 0.1) is 6.92 Å². The molecule has 0 saturated heterocycles. The number of aromatic hydroxyl groups is 1. The molecule has 0 fully saturated rings. The highest BCUT2D eigenvalue weighted by molar-refractivity contribution is 6.31. The number of aromatic nitrogens is 2. The molecule has 0 aliphatic rings. The largest absolute Gasteiger partial charge is 0.507 e. The Kier molecular flexibility index (Phi) is 5.06. The average Bonchev–Trinajstić information content (AvgIpc) is 2.97. The van der Waals surface area contributed by atoms with Gasteiger partial charge in [-0.1, -0.05) is 23.7 Å². The van der Waals surface area contributed by atoms with Gasteiger partial charge in [0.1, 0.15) is 5.75 Å². The van der Waals surface area contributed by atoms with Crippen molar-refractivity contribution in [1.29, 1.82) is 0 Å². The van der Waals surface area contributed by atoms with E-state index in [9.17, 15) is 31.4 Å². The zero-order valence-electron chi connectivity index (χ0n) is 15.0. The summed E-state index contributed by atoms with van der Waals surface area (Å²) in [6.45, 7) is 1.56. The summed E-state index contributed by atoms with van der Waals surface area (Å²) < 4.78 is 79.3.